The van der Waals surface area contributed by atoms with Crippen LogP contribution in [0.15, 0.2) is 41.5 Å². The maximum Gasteiger partial charge on any atom is 0.278 e. The molecule has 25 heavy (non-hydrogen) atoms. The van der Waals surface area contributed by atoms with Crippen LogP contribution in [0, 0.1) is 17.0 Å². The monoisotopic (exact) mass is 363 g/mol. The van der Waals surface area contributed by atoms with E-state index in [0.29, 0.717) is 10.8 Å². The molecule has 0 atom stereocenters. The van der Waals surface area contributed by atoms with Crippen LogP contribution in [0.25, 0.3) is 0 Å². The molecule has 9 heteroatoms. The minimum absolute atomic E-state index is 0.0553. The number of hydrogen-bond acceptors (Lipinski definition) is 6. The predicted molar refractivity (Wildman–Crippen MR) is 92.2 cm³/mol. The summed E-state index contributed by atoms with van der Waals surface area (Å²) in [5.74, 6) is -0.194. The molecule has 0 aromatic heterocycles. The molecule has 2 aromatic rings. The van der Waals surface area contributed by atoms with Crippen LogP contribution in [-0.4, -0.2) is 28.8 Å². The Bertz CT molecular complexity index is 839. The molecule has 0 fully saturated rings. The Kier molecular flexibility index (Phi) is 5.91. The lowest BCUT2D eigenvalue weighted by molar-refractivity contribution is -0.385. The van der Waals surface area contributed by atoms with E-state index in [1.54, 1.807) is 25.1 Å². The van der Waals surface area contributed by atoms with E-state index in [0.717, 1.165) is 17.8 Å². The minimum atomic E-state index is -0.616. The molecule has 0 aliphatic carbocycles. The zero-order valence-corrected chi connectivity index (χ0v) is 13.9. The molecule has 2 aromatic carbocycles. The number of nitro groups is 1. The van der Waals surface area contributed by atoms with Crippen molar-refractivity contribution >= 4 is 29.4 Å². The quantitative estimate of drug-likeness (QED) is 0.465. The number of nitrogens with one attached hydrogen (secondary N) is 1. The summed E-state index contributed by atoms with van der Waals surface area (Å²) in [4.78, 5) is 22.0. The summed E-state index contributed by atoms with van der Waals surface area (Å²) in [5.41, 5.74) is 2.78. The molecule has 8 nitrogen and oxygen atoms in total. The van der Waals surface area contributed by atoms with Crippen molar-refractivity contribution in [3.8, 4) is 11.5 Å². The lowest BCUT2D eigenvalue weighted by Crippen LogP contribution is -2.24. The van der Waals surface area contributed by atoms with Gasteiger partial charge in [0, 0.05) is 11.1 Å². The molecular weight excluding hydrogens is 350 g/mol. The van der Waals surface area contributed by atoms with E-state index in [2.05, 4.69) is 10.5 Å². The molecule has 130 valence electrons. The van der Waals surface area contributed by atoms with Gasteiger partial charge in [0.2, 0.25) is 0 Å². The summed E-state index contributed by atoms with van der Waals surface area (Å²) < 4.78 is 5.34. The first-order chi connectivity index (χ1) is 11.9. The molecule has 0 unspecified atom stereocenters. The average molecular weight is 364 g/mol. The lowest BCUT2D eigenvalue weighted by atomic mass is 10.2. The Labute approximate surface area is 147 Å². The number of nitrogens with zero attached hydrogens (tertiary/aromatic N) is 2. The number of rotatable bonds is 6. The van der Waals surface area contributed by atoms with E-state index in [-0.39, 0.29) is 23.6 Å². The van der Waals surface area contributed by atoms with Crippen molar-refractivity contribution in [1.82, 2.24) is 5.43 Å². The van der Waals surface area contributed by atoms with Crippen molar-refractivity contribution in [3.05, 3.63) is 62.7 Å². The zero-order valence-electron chi connectivity index (χ0n) is 13.1. The topological polar surface area (TPSA) is 114 Å². The third-order valence-corrected chi connectivity index (χ3v) is 3.33. The van der Waals surface area contributed by atoms with Gasteiger partial charge in [-0.1, -0.05) is 11.6 Å². The minimum Gasteiger partial charge on any atom is -0.508 e. The number of phenols is 1. The average Bonchev–Trinajstić information content (AvgIpc) is 2.54. The van der Waals surface area contributed by atoms with Crippen molar-refractivity contribution < 1.29 is 19.6 Å². The number of benzene rings is 2. The number of aromatic hydroxyl groups is 1. The second-order valence-electron chi connectivity index (χ2n) is 4.99. The van der Waals surface area contributed by atoms with Gasteiger partial charge in [0.15, 0.2) is 6.61 Å². The molecule has 0 radical (unpaired) electrons. The van der Waals surface area contributed by atoms with Gasteiger partial charge in [-0.15, -0.1) is 0 Å². The van der Waals surface area contributed by atoms with Gasteiger partial charge in [-0.05, 0) is 42.8 Å². The Balaban J connectivity index is 1.95. The number of aryl methyl sites for hydroxylation is 1. The number of nitro benzene ring substituents is 1. The van der Waals surface area contributed by atoms with Gasteiger partial charge in [0.05, 0.1) is 16.7 Å². The lowest BCUT2D eigenvalue weighted by Gasteiger charge is -2.08. The van der Waals surface area contributed by atoms with Gasteiger partial charge in [0.1, 0.15) is 11.5 Å². The summed E-state index contributed by atoms with van der Waals surface area (Å²) in [6.07, 6.45) is 1.07. The van der Waals surface area contributed by atoms with Crippen molar-refractivity contribution in [2.75, 3.05) is 6.61 Å². The first-order valence-corrected chi connectivity index (χ1v) is 7.43. The number of phenolic OH excluding ortho intramolecular Hbond substituents is 1. The normalized spacial score (nSPS) is 10.6. The fourth-order valence-electron chi connectivity index (χ4n) is 1.94. The van der Waals surface area contributed by atoms with Crippen LogP contribution >= 0.6 is 11.6 Å². The highest BCUT2D eigenvalue weighted by molar-refractivity contribution is 6.30. The van der Waals surface area contributed by atoms with Crippen molar-refractivity contribution in [1.29, 1.82) is 0 Å². The molecular formula is C16H14ClN3O5. The Morgan fingerprint density at radius 2 is 2.16 bits per heavy atom. The van der Waals surface area contributed by atoms with Crippen LogP contribution < -0.4 is 10.2 Å². The molecule has 0 saturated carbocycles. The van der Waals surface area contributed by atoms with E-state index >= 15 is 0 Å². The highest BCUT2D eigenvalue weighted by Crippen LogP contribution is 2.22. The van der Waals surface area contributed by atoms with Gasteiger partial charge >= 0.3 is 0 Å². The maximum absolute atomic E-state index is 11.7. The number of halogens is 1. The second kappa shape index (κ2) is 8.11. The van der Waals surface area contributed by atoms with E-state index in [1.165, 1.54) is 12.1 Å². The summed E-state index contributed by atoms with van der Waals surface area (Å²) >= 11 is 5.83. The van der Waals surface area contributed by atoms with Crippen LogP contribution in [-0.2, 0) is 4.79 Å². The Morgan fingerprint density at radius 3 is 2.84 bits per heavy atom. The molecule has 0 bridgehead atoms. The molecule has 0 spiro atoms. The van der Waals surface area contributed by atoms with Crippen LogP contribution in [0.4, 0.5) is 5.69 Å². The van der Waals surface area contributed by atoms with E-state index in [1.807, 2.05) is 0 Å². The smallest absolute Gasteiger partial charge is 0.278 e. The van der Waals surface area contributed by atoms with E-state index < -0.39 is 10.8 Å². The Morgan fingerprint density at radius 1 is 1.40 bits per heavy atom. The molecule has 0 saturated heterocycles. The van der Waals surface area contributed by atoms with Crippen LogP contribution in [0.5, 0.6) is 11.5 Å². The molecule has 0 heterocycles. The van der Waals surface area contributed by atoms with E-state index in [4.69, 9.17) is 16.3 Å². The SMILES string of the molecule is Cc1cc(Cl)ccc1OCC(=O)N/N=C/c1cc(O)ccc1[N+](=O)[O-]. The first-order valence-electron chi connectivity index (χ1n) is 7.05. The van der Waals surface area contributed by atoms with Crippen molar-refractivity contribution in [2.45, 2.75) is 6.92 Å². The molecule has 2 N–H and O–H groups in total. The fraction of sp³-hybridized carbons (Fsp3) is 0.125. The summed E-state index contributed by atoms with van der Waals surface area (Å²) in [7, 11) is 0. The van der Waals surface area contributed by atoms with Gasteiger partial charge < -0.3 is 9.84 Å². The summed E-state index contributed by atoms with van der Waals surface area (Å²) in [6.45, 7) is 1.50. The summed E-state index contributed by atoms with van der Waals surface area (Å²) in [6, 6.07) is 8.49. The van der Waals surface area contributed by atoms with Crippen LogP contribution in [0.3, 0.4) is 0 Å². The number of ether oxygens (including phenoxy) is 1. The molecule has 0 aliphatic rings. The van der Waals surface area contributed by atoms with Crippen LogP contribution in [0.1, 0.15) is 11.1 Å². The number of carbonyl (C=O) groups excluding carboxylic acids is 1. The number of carbonyl (C=O) groups is 1. The van der Waals surface area contributed by atoms with Gasteiger partial charge in [-0.2, -0.15) is 5.10 Å². The highest BCUT2D eigenvalue weighted by Gasteiger charge is 2.12. The van der Waals surface area contributed by atoms with E-state index in [9.17, 15) is 20.0 Å². The maximum atomic E-state index is 11.7. The van der Waals surface area contributed by atoms with Gasteiger partial charge in [-0.3, -0.25) is 14.9 Å². The Hall–Kier alpha value is -3.13. The third-order valence-electron chi connectivity index (χ3n) is 3.10. The standard InChI is InChI=1S/C16H14ClN3O5/c1-10-6-12(17)2-5-15(10)25-9-16(22)19-18-8-11-7-13(21)3-4-14(11)20(23)24/h2-8,21H,9H2,1H3,(H,19,22)/b18-8+. The van der Waals surface area contributed by atoms with Gasteiger partial charge in [0.25, 0.3) is 11.6 Å². The second-order valence-corrected chi connectivity index (χ2v) is 5.43. The number of hydrogen-bond donors (Lipinski definition) is 2. The van der Waals surface area contributed by atoms with Crippen molar-refractivity contribution in [2.24, 2.45) is 5.10 Å². The largest absolute Gasteiger partial charge is 0.508 e. The molecule has 1 amide bonds. The molecule has 0 aliphatic heterocycles. The van der Waals surface area contributed by atoms with Crippen molar-refractivity contribution in [3.63, 3.8) is 0 Å². The number of amides is 1. The van der Waals surface area contributed by atoms with Crippen LogP contribution in [0.2, 0.25) is 5.02 Å². The number of hydrazone groups is 1. The molecule has 2 rings (SSSR count). The fourth-order valence-corrected chi connectivity index (χ4v) is 2.16. The first kappa shape index (κ1) is 18.2. The zero-order chi connectivity index (χ0) is 18.4. The highest BCUT2D eigenvalue weighted by atomic mass is 35.5. The summed E-state index contributed by atoms with van der Waals surface area (Å²) in [5, 5.41) is 24.5. The predicted octanol–water partition coefficient (Wildman–Crippen LogP) is 2.79. The third kappa shape index (κ3) is 5.18. The van der Waals surface area contributed by atoms with Gasteiger partial charge in [-0.25, -0.2) is 5.43 Å².